The molecule has 1 aliphatic heterocycles. The molecule has 29 heavy (non-hydrogen) atoms. The summed E-state index contributed by atoms with van der Waals surface area (Å²) in [5.41, 5.74) is 7.82. The number of hydrogen-bond acceptors (Lipinski definition) is 4. The second-order valence-electron chi connectivity index (χ2n) is 6.87. The maximum atomic E-state index is 12.8. The van der Waals surface area contributed by atoms with Gasteiger partial charge in [-0.15, -0.1) is 18.8 Å². The van der Waals surface area contributed by atoms with Crippen LogP contribution in [0.25, 0.3) is 0 Å². The number of hydrogen-bond donors (Lipinski definition) is 2. The summed E-state index contributed by atoms with van der Waals surface area (Å²) in [6, 6.07) is 13.6. The lowest BCUT2D eigenvalue weighted by atomic mass is 10.0. The fraction of sp³-hybridized carbons (Fsp3) is 0.318. The molecule has 0 aromatic heterocycles. The van der Waals surface area contributed by atoms with E-state index in [1.54, 1.807) is 0 Å². The Hall–Kier alpha value is -2.39. The van der Waals surface area contributed by atoms with Gasteiger partial charge in [0.2, 0.25) is 0 Å². The van der Waals surface area contributed by atoms with E-state index in [4.69, 9.17) is 28.5 Å². The lowest BCUT2D eigenvalue weighted by Crippen LogP contribution is -2.44. The number of rotatable bonds is 6. The summed E-state index contributed by atoms with van der Waals surface area (Å²) < 4.78 is 5.47. The number of nitrogen functional groups attached to an aromatic ring is 1. The normalized spacial score (nSPS) is 14.5. The summed E-state index contributed by atoms with van der Waals surface area (Å²) >= 11 is 6.10. The summed E-state index contributed by atoms with van der Waals surface area (Å²) in [6.45, 7) is 2.85. The van der Waals surface area contributed by atoms with Crippen LogP contribution in [-0.4, -0.2) is 36.5 Å². The van der Waals surface area contributed by atoms with Crippen LogP contribution in [0.4, 0.5) is 5.69 Å². The van der Waals surface area contributed by atoms with E-state index in [0.29, 0.717) is 22.0 Å². The van der Waals surface area contributed by atoms with Gasteiger partial charge in [-0.05, 0) is 24.5 Å². The predicted octanol–water partition coefficient (Wildman–Crippen LogP) is 3.75. The van der Waals surface area contributed by atoms with E-state index in [1.165, 1.54) is 17.7 Å². The number of anilines is 1. The molecule has 0 saturated carbocycles. The molecule has 1 saturated heterocycles. The van der Waals surface area contributed by atoms with Crippen LogP contribution in [0.1, 0.15) is 28.8 Å². The Morgan fingerprint density at radius 3 is 2.62 bits per heavy atom. The minimum absolute atomic E-state index is 0. The Kier molecular flexibility index (Phi) is 8.66. The monoisotopic (exact) mass is 433 g/mol. The molecule has 0 radical (unpaired) electrons. The highest BCUT2D eigenvalue weighted by molar-refractivity contribution is 6.33. The Morgan fingerprint density at radius 1 is 1.28 bits per heavy atom. The van der Waals surface area contributed by atoms with Crippen molar-refractivity contribution in [1.29, 1.82) is 0 Å². The van der Waals surface area contributed by atoms with Crippen molar-refractivity contribution in [2.24, 2.45) is 0 Å². The van der Waals surface area contributed by atoms with E-state index in [9.17, 15) is 4.79 Å². The quantitative estimate of drug-likeness (QED) is 0.537. The molecule has 5 nitrogen and oxygen atoms in total. The van der Waals surface area contributed by atoms with Gasteiger partial charge >= 0.3 is 0 Å². The molecule has 0 bridgehead atoms. The summed E-state index contributed by atoms with van der Waals surface area (Å²) in [7, 11) is 0. The molecule has 154 valence electrons. The standard InChI is InChI=1S/C22H24ClN3O2.ClH/c1-2-12-28-21-14-20(24)19(23)13-18(21)22(27)25-17-8-10-26(11-9-17)15-16-6-4-3-5-7-16;/h1,3-7,13-14,17H,8-12,15,24H2,(H,25,27);1H. The molecule has 1 fully saturated rings. The third kappa shape index (κ3) is 6.30. The first-order chi connectivity index (χ1) is 13.6. The molecule has 2 aromatic carbocycles. The smallest absolute Gasteiger partial charge is 0.255 e. The van der Waals surface area contributed by atoms with Crippen LogP contribution in [-0.2, 0) is 6.54 Å². The molecule has 0 atom stereocenters. The van der Waals surface area contributed by atoms with Crippen molar-refractivity contribution >= 4 is 35.6 Å². The van der Waals surface area contributed by atoms with Gasteiger partial charge in [0.05, 0.1) is 16.3 Å². The Labute approximate surface area is 183 Å². The number of nitrogens with one attached hydrogen (secondary N) is 1. The topological polar surface area (TPSA) is 67.6 Å². The van der Waals surface area contributed by atoms with E-state index < -0.39 is 0 Å². The Bertz CT molecular complexity index is 860. The Balaban J connectivity index is 0.00000300. The van der Waals surface area contributed by atoms with Gasteiger partial charge in [-0.25, -0.2) is 0 Å². The average molecular weight is 434 g/mol. The lowest BCUT2D eigenvalue weighted by Gasteiger charge is -2.32. The fourth-order valence-corrected chi connectivity index (χ4v) is 3.49. The molecule has 1 amide bonds. The summed E-state index contributed by atoms with van der Waals surface area (Å²) in [4.78, 5) is 15.2. The number of amides is 1. The molecule has 0 spiro atoms. The lowest BCUT2D eigenvalue weighted by molar-refractivity contribution is 0.0905. The number of nitrogens with zero attached hydrogens (tertiary/aromatic N) is 1. The van der Waals surface area contributed by atoms with Gasteiger partial charge < -0.3 is 15.8 Å². The second-order valence-corrected chi connectivity index (χ2v) is 7.28. The van der Waals surface area contributed by atoms with Gasteiger partial charge in [0.25, 0.3) is 5.91 Å². The zero-order valence-electron chi connectivity index (χ0n) is 16.1. The molecule has 7 heteroatoms. The van der Waals surface area contributed by atoms with Crippen molar-refractivity contribution in [3.05, 3.63) is 58.6 Å². The number of halogens is 2. The fourth-order valence-electron chi connectivity index (χ4n) is 3.33. The zero-order chi connectivity index (χ0) is 19.9. The van der Waals surface area contributed by atoms with E-state index in [-0.39, 0.29) is 31.0 Å². The third-order valence-corrected chi connectivity index (χ3v) is 5.15. The minimum Gasteiger partial charge on any atom is -0.480 e. The van der Waals surface area contributed by atoms with Gasteiger partial charge in [0.1, 0.15) is 12.4 Å². The highest BCUT2D eigenvalue weighted by Crippen LogP contribution is 2.29. The first kappa shape index (κ1) is 22.9. The van der Waals surface area contributed by atoms with Crippen LogP contribution < -0.4 is 15.8 Å². The molecule has 0 unspecified atom stereocenters. The molecule has 2 aromatic rings. The second kappa shape index (κ2) is 11.0. The van der Waals surface area contributed by atoms with Crippen LogP contribution >= 0.6 is 24.0 Å². The number of nitrogens with two attached hydrogens (primary N) is 1. The van der Waals surface area contributed by atoms with Gasteiger partial charge in [-0.2, -0.15) is 0 Å². The number of piperidine rings is 1. The van der Waals surface area contributed by atoms with Crippen molar-refractivity contribution in [3.8, 4) is 18.1 Å². The first-order valence-corrected chi connectivity index (χ1v) is 9.67. The predicted molar refractivity (Wildman–Crippen MR) is 120 cm³/mol. The maximum absolute atomic E-state index is 12.8. The molecule has 0 aliphatic carbocycles. The van der Waals surface area contributed by atoms with Gasteiger partial charge in [-0.3, -0.25) is 9.69 Å². The van der Waals surface area contributed by atoms with Crippen LogP contribution in [0.5, 0.6) is 5.75 Å². The Morgan fingerprint density at radius 2 is 1.97 bits per heavy atom. The van der Waals surface area contributed by atoms with Gasteiger partial charge in [0, 0.05) is 31.7 Å². The van der Waals surface area contributed by atoms with Crippen molar-refractivity contribution in [2.75, 3.05) is 25.4 Å². The van der Waals surface area contributed by atoms with Crippen LogP contribution in [0.3, 0.4) is 0 Å². The maximum Gasteiger partial charge on any atom is 0.255 e. The van der Waals surface area contributed by atoms with Crippen molar-refractivity contribution in [1.82, 2.24) is 10.2 Å². The molecule has 3 rings (SSSR count). The summed E-state index contributed by atoms with van der Waals surface area (Å²) in [5, 5.41) is 3.40. The van der Waals surface area contributed by atoms with Crippen molar-refractivity contribution in [3.63, 3.8) is 0 Å². The summed E-state index contributed by atoms with van der Waals surface area (Å²) in [5.74, 6) is 2.51. The van der Waals surface area contributed by atoms with Crippen LogP contribution in [0, 0.1) is 12.3 Å². The van der Waals surface area contributed by atoms with Gasteiger partial charge in [-0.1, -0.05) is 47.9 Å². The highest BCUT2D eigenvalue weighted by atomic mass is 35.5. The third-order valence-electron chi connectivity index (χ3n) is 4.83. The number of likely N-dealkylation sites (tertiary alicyclic amines) is 1. The molecular formula is C22H25Cl2N3O2. The largest absolute Gasteiger partial charge is 0.480 e. The number of ether oxygens (including phenoxy) is 1. The molecule has 3 N–H and O–H groups in total. The molecule has 1 heterocycles. The average Bonchev–Trinajstić information content (AvgIpc) is 2.70. The minimum atomic E-state index is -0.226. The number of carbonyl (C=O) groups is 1. The van der Waals surface area contributed by atoms with Crippen molar-refractivity contribution in [2.45, 2.75) is 25.4 Å². The van der Waals surface area contributed by atoms with Crippen LogP contribution in [0.2, 0.25) is 5.02 Å². The van der Waals surface area contributed by atoms with E-state index in [0.717, 1.165) is 32.5 Å². The SMILES string of the molecule is C#CCOc1cc(N)c(Cl)cc1C(=O)NC1CCN(Cc2ccccc2)CC1.Cl. The first-order valence-electron chi connectivity index (χ1n) is 9.29. The summed E-state index contributed by atoms with van der Waals surface area (Å²) in [6.07, 6.45) is 7.03. The highest BCUT2D eigenvalue weighted by Gasteiger charge is 2.23. The van der Waals surface area contributed by atoms with E-state index in [2.05, 4.69) is 40.4 Å². The van der Waals surface area contributed by atoms with Crippen molar-refractivity contribution < 1.29 is 9.53 Å². The van der Waals surface area contributed by atoms with E-state index in [1.807, 2.05) is 6.07 Å². The van der Waals surface area contributed by atoms with Gasteiger partial charge in [0.15, 0.2) is 0 Å². The number of benzene rings is 2. The molecular weight excluding hydrogens is 409 g/mol. The zero-order valence-corrected chi connectivity index (χ0v) is 17.6. The van der Waals surface area contributed by atoms with E-state index >= 15 is 0 Å². The van der Waals surface area contributed by atoms with Crippen LogP contribution in [0.15, 0.2) is 42.5 Å². The number of carbonyl (C=O) groups excluding carboxylic acids is 1. The molecule has 1 aliphatic rings. The number of terminal acetylenes is 1.